The van der Waals surface area contributed by atoms with Gasteiger partial charge in [0.15, 0.2) is 0 Å². The van der Waals surface area contributed by atoms with Crippen molar-refractivity contribution < 1.29 is 9.47 Å². The molecule has 0 radical (unpaired) electrons. The van der Waals surface area contributed by atoms with E-state index in [0.717, 1.165) is 45.0 Å². The molecular formula is C16H23NO2. The highest BCUT2D eigenvalue weighted by molar-refractivity contribution is 5.39. The van der Waals surface area contributed by atoms with Crippen molar-refractivity contribution in [1.29, 1.82) is 0 Å². The van der Waals surface area contributed by atoms with Gasteiger partial charge >= 0.3 is 0 Å². The molecule has 3 atom stereocenters. The summed E-state index contributed by atoms with van der Waals surface area (Å²) >= 11 is 0. The normalized spacial score (nSPS) is 29.8. The van der Waals surface area contributed by atoms with Gasteiger partial charge in [0.2, 0.25) is 0 Å². The van der Waals surface area contributed by atoms with E-state index in [2.05, 4.69) is 30.4 Å². The maximum Gasteiger partial charge on any atom is 0.122 e. The van der Waals surface area contributed by atoms with Crippen molar-refractivity contribution >= 4 is 0 Å². The summed E-state index contributed by atoms with van der Waals surface area (Å²) in [6.07, 6.45) is 2.29. The Bertz CT molecular complexity index is 419. The zero-order chi connectivity index (χ0) is 13.1. The fourth-order valence-electron chi connectivity index (χ4n) is 3.35. The fourth-order valence-corrected chi connectivity index (χ4v) is 3.35. The molecule has 1 N–H and O–H groups in total. The molecule has 3 unspecified atom stereocenters. The quantitative estimate of drug-likeness (QED) is 0.903. The lowest BCUT2D eigenvalue weighted by atomic mass is 9.84. The third-order valence-electron chi connectivity index (χ3n) is 4.33. The molecule has 0 saturated carbocycles. The number of ether oxygens (including phenoxy) is 2. The SMILES string of the molecule is CCNC1CCOCC1CC1COc2ccccc21. The average molecular weight is 261 g/mol. The monoisotopic (exact) mass is 261 g/mol. The number of nitrogens with one attached hydrogen (secondary N) is 1. The summed E-state index contributed by atoms with van der Waals surface area (Å²) < 4.78 is 11.5. The molecule has 2 aliphatic rings. The minimum atomic E-state index is 0.532. The molecule has 19 heavy (non-hydrogen) atoms. The Kier molecular flexibility index (Phi) is 4.04. The summed E-state index contributed by atoms with van der Waals surface area (Å²) in [4.78, 5) is 0. The first-order valence-electron chi connectivity index (χ1n) is 7.41. The molecule has 1 aromatic carbocycles. The van der Waals surface area contributed by atoms with Crippen LogP contribution in [0.1, 0.15) is 31.2 Å². The van der Waals surface area contributed by atoms with Gasteiger partial charge in [-0.05, 0) is 31.4 Å². The van der Waals surface area contributed by atoms with Crippen LogP contribution in [0.5, 0.6) is 5.75 Å². The Morgan fingerprint density at radius 2 is 2.16 bits per heavy atom. The van der Waals surface area contributed by atoms with Crippen molar-refractivity contribution in [2.45, 2.75) is 31.7 Å². The Morgan fingerprint density at radius 1 is 1.26 bits per heavy atom. The van der Waals surface area contributed by atoms with E-state index in [1.165, 1.54) is 5.56 Å². The van der Waals surface area contributed by atoms with Crippen LogP contribution in [0.4, 0.5) is 0 Å². The third kappa shape index (κ3) is 2.77. The molecule has 104 valence electrons. The Labute approximate surface area is 115 Å². The molecule has 0 aliphatic carbocycles. The van der Waals surface area contributed by atoms with Gasteiger partial charge < -0.3 is 14.8 Å². The Hall–Kier alpha value is -1.06. The van der Waals surface area contributed by atoms with E-state index in [1.807, 2.05) is 6.07 Å². The van der Waals surface area contributed by atoms with Gasteiger partial charge in [-0.2, -0.15) is 0 Å². The minimum Gasteiger partial charge on any atom is -0.493 e. The molecule has 2 heterocycles. The summed E-state index contributed by atoms with van der Waals surface area (Å²) in [7, 11) is 0. The van der Waals surface area contributed by atoms with E-state index in [0.29, 0.717) is 17.9 Å². The maximum absolute atomic E-state index is 5.79. The molecule has 3 rings (SSSR count). The highest BCUT2D eigenvalue weighted by Gasteiger charge is 2.31. The van der Waals surface area contributed by atoms with Gasteiger partial charge in [0.1, 0.15) is 5.75 Å². The minimum absolute atomic E-state index is 0.532. The molecule has 0 spiro atoms. The molecule has 0 aromatic heterocycles. The van der Waals surface area contributed by atoms with Crippen LogP contribution < -0.4 is 10.1 Å². The fraction of sp³-hybridized carbons (Fsp3) is 0.625. The number of hydrogen-bond acceptors (Lipinski definition) is 3. The topological polar surface area (TPSA) is 30.5 Å². The smallest absolute Gasteiger partial charge is 0.122 e. The molecule has 3 heteroatoms. The molecule has 3 nitrogen and oxygen atoms in total. The molecule has 0 amide bonds. The second kappa shape index (κ2) is 5.93. The lowest BCUT2D eigenvalue weighted by Crippen LogP contribution is -2.43. The highest BCUT2D eigenvalue weighted by atomic mass is 16.5. The van der Waals surface area contributed by atoms with Crippen LogP contribution in [-0.2, 0) is 4.74 Å². The van der Waals surface area contributed by atoms with Gasteiger partial charge in [0.25, 0.3) is 0 Å². The molecule has 1 fully saturated rings. The lowest BCUT2D eigenvalue weighted by Gasteiger charge is -2.33. The summed E-state index contributed by atoms with van der Waals surface area (Å²) in [6, 6.07) is 9.05. The number of benzene rings is 1. The predicted molar refractivity (Wildman–Crippen MR) is 75.7 cm³/mol. The molecule has 2 aliphatic heterocycles. The van der Waals surface area contributed by atoms with Crippen LogP contribution >= 0.6 is 0 Å². The van der Waals surface area contributed by atoms with E-state index in [-0.39, 0.29) is 0 Å². The second-order valence-corrected chi connectivity index (χ2v) is 5.57. The summed E-state index contributed by atoms with van der Waals surface area (Å²) in [5, 5.41) is 3.61. The van der Waals surface area contributed by atoms with Crippen molar-refractivity contribution in [2.24, 2.45) is 5.92 Å². The molecular weight excluding hydrogens is 238 g/mol. The van der Waals surface area contributed by atoms with E-state index in [4.69, 9.17) is 9.47 Å². The van der Waals surface area contributed by atoms with Gasteiger partial charge in [0, 0.05) is 24.1 Å². The number of hydrogen-bond donors (Lipinski definition) is 1. The van der Waals surface area contributed by atoms with Gasteiger partial charge in [-0.1, -0.05) is 25.1 Å². The Morgan fingerprint density at radius 3 is 3.05 bits per heavy atom. The molecule has 1 saturated heterocycles. The summed E-state index contributed by atoms with van der Waals surface area (Å²) in [5.74, 6) is 2.21. The van der Waals surface area contributed by atoms with Gasteiger partial charge in [0.05, 0.1) is 13.2 Å². The van der Waals surface area contributed by atoms with Gasteiger partial charge in [-0.3, -0.25) is 0 Å². The van der Waals surface area contributed by atoms with Crippen molar-refractivity contribution in [3.8, 4) is 5.75 Å². The Balaban J connectivity index is 1.67. The number of rotatable bonds is 4. The molecule has 0 bridgehead atoms. The first-order valence-corrected chi connectivity index (χ1v) is 7.41. The predicted octanol–water partition coefficient (Wildman–Crippen LogP) is 2.57. The summed E-state index contributed by atoms with van der Waals surface area (Å²) in [5.41, 5.74) is 1.38. The highest BCUT2D eigenvalue weighted by Crippen LogP contribution is 2.38. The number of fused-ring (bicyclic) bond motifs is 1. The van der Waals surface area contributed by atoms with E-state index in [1.54, 1.807) is 0 Å². The maximum atomic E-state index is 5.79. The van der Waals surface area contributed by atoms with E-state index in [9.17, 15) is 0 Å². The van der Waals surface area contributed by atoms with Crippen molar-refractivity contribution in [1.82, 2.24) is 5.32 Å². The van der Waals surface area contributed by atoms with Crippen LogP contribution in [0, 0.1) is 5.92 Å². The van der Waals surface area contributed by atoms with Crippen LogP contribution in [0.2, 0.25) is 0 Å². The first-order chi connectivity index (χ1) is 9.38. The van der Waals surface area contributed by atoms with Crippen molar-refractivity contribution in [3.05, 3.63) is 29.8 Å². The third-order valence-corrected chi connectivity index (χ3v) is 4.33. The standard InChI is InChI=1S/C16H23NO2/c1-2-17-15-7-8-18-10-13(15)9-12-11-19-16-6-4-3-5-14(12)16/h3-6,12-13,15,17H,2,7-11H2,1H3. The average Bonchev–Trinajstić information content (AvgIpc) is 2.85. The zero-order valence-electron chi connectivity index (χ0n) is 11.6. The molecule has 1 aromatic rings. The van der Waals surface area contributed by atoms with Crippen molar-refractivity contribution in [2.75, 3.05) is 26.4 Å². The van der Waals surface area contributed by atoms with Crippen LogP contribution in [-0.4, -0.2) is 32.4 Å². The van der Waals surface area contributed by atoms with Gasteiger partial charge in [-0.15, -0.1) is 0 Å². The van der Waals surface area contributed by atoms with Crippen LogP contribution in [0.15, 0.2) is 24.3 Å². The van der Waals surface area contributed by atoms with E-state index >= 15 is 0 Å². The zero-order valence-corrected chi connectivity index (χ0v) is 11.6. The van der Waals surface area contributed by atoms with Crippen molar-refractivity contribution in [3.63, 3.8) is 0 Å². The van der Waals surface area contributed by atoms with Crippen LogP contribution in [0.3, 0.4) is 0 Å². The summed E-state index contributed by atoms with van der Waals surface area (Å²) in [6.45, 7) is 5.83. The van der Waals surface area contributed by atoms with Gasteiger partial charge in [-0.25, -0.2) is 0 Å². The van der Waals surface area contributed by atoms with Crippen LogP contribution in [0.25, 0.3) is 0 Å². The largest absolute Gasteiger partial charge is 0.493 e. The number of para-hydroxylation sites is 1. The second-order valence-electron chi connectivity index (χ2n) is 5.57. The lowest BCUT2D eigenvalue weighted by molar-refractivity contribution is 0.0257. The van der Waals surface area contributed by atoms with E-state index < -0.39 is 0 Å². The first kappa shape index (κ1) is 12.9.